The summed E-state index contributed by atoms with van der Waals surface area (Å²) in [5, 5.41) is 25.1. The van der Waals surface area contributed by atoms with Gasteiger partial charge in [0.25, 0.3) is 0 Å². The number of carboxylic acids is 2. The zero-order valence-electron chi connectivity index (χ0n) is 18.6. The van der Waals surface area contributed by atoms with E-state index in [9.17, 15) is 33.9 Å². The van der Waals surface area contributed by atoms with Gasteiger partial charge in [-0.1, -0.05) is 13.8 Å². The van der Waals surface area contributed by atoms with Crippen molar-refractivity contribution >= 4 is 48.2 Å². The Morgan fingerprint density at radius 3 is 1.76 bits per heavy atom. The normalized spacial score (nSPS) is 14.5. The Kier molecular flexibility index (Phi) is 13.7. The average molecular weight is 492 g/mol. The van der Waals surface area contributed by atoms with Gasteiger partial charge in [-0.2, -0.15) is 12.6 Å². The number of hydrogen-bond acceptors (Lipinski definition) is 8. The lowest BCUT2D eigenvalue weighted by molar-refractivity contribution is -0.143. The van der Waals surface area contributed by atoms with Gasteiger partial charge in [0, 0.05) is 18.6 Å². The number of nitrogens with two attached hydrogens (primary N) is 2. The molecule has 4 atom stereocenters. The molecule has 0 rings (SSSR count). The molecule has 188 valence electrons. The fourth-order valence-corrected chi connectivity index (χ4v) is 2.97. The third-order valence-corrected chi connectivity index (χ3v) is 4.82. The Morgan fingerprint density at radius 2 is 1.30 bits per heavy atom. The number of carbonyl (C=O) groups is 6. The van der Waals surface area contributed by atoms with E-state index in [1.165, 1.54) is 0 Å². The van der Waals surface area contributed by atoms with E-state index in [0.717, 1.165) is 0 Å². The summed E-state index contributed by atoms with van der Waals surface area (Å²) in [5.74, 6) is -5.86. The van der Waals surface area contributed by atoms with Crippen molar-refractivity contribution in [2.75, 3.05) is 5.75 Å². The van der Waals surface area contributed by atoms with Crippen LogP contribution in [0.4, 0.5) is 0 Å². The number of hydrogen-bond donors (Lipinski definition) is 8. The van der Waals surface area contributed by atoms with Gasteiger partial charge in [0.05, 0.1) is 6.04 Å². The molecule has 0 saturated heterocycles. The maximum Gasteiger partial charge on any atom is 0.326 e. The SMILES string of the molecule is CC(C)CC(N)C(=O)NC(CS)C(=O)NC(CCC(=O)O)C(=O)NC(CCC(N)=O)C(=O)O. The monoisotopic (exact) mass is 491 g/mol. The molecule has 0 spiro atoms. The second kappa shape index (κ2) is 15.1. The van der Waals surface area contributed by atoms with Crippen molar-refractivity contribution in [3.63, 3.8) is 0 Å². The van der Waals surface area contributed by atoms with Crippen LogP contribution in [0.25, 0.3) is 0 Å². The first kappa shape index (κ1) is 30.1. The van der Waals surface area contributed by atoms with Crippen molar-refractivity contribution in [2.24, 2.45) is 17.4 Å². The summed E-state index contributed by atoms with van der Waals surface area (Å²) in [6, 6.07) is -4.95. The highest BCUT2D eigenvalue weighted by atomic mass is 32.1. The zero-order chi connectivity index (χ0) is 25.7. The lowest BCUT2D eigenvalue weighted by atomic mass is 10.0. The first-order valence-electron chi connectivity index (χ1n) is 10.3. The van der Waals surface area contributed by atoms with Crippen LogP contribution in [-0.4, -0.2) is 75.7 Å². The predicted octanol–water partition coefficient (Wildman–Crippen LogP) is -2.04. The quantitative estimate of drug-likeness (QED) is 0.111. The number of carboxylic acid groups (broad SMARTS) is 2. The van der Waals surface area contributed by atoms with E-state index < -0.39 is 66.2 Å². The third-order valence-electron chi connectivity index (χ3n) is 4.45. The molecule has 0 saturated carbocycles. The van der Waals surface area contributed by atoms with Crippen LogP contribution in [0.2, 0.25) is 0 Å². The van der Waals surface area contributed by atoms with Gasteiger partial charge < -0.3 is 37.6 Å². The van der Waals surface area contributed by atoms with Crippen LogP contribution in [0.5, 0.6) is 0 Å². The summed E-state index contributed by atoms with van der Waals surface area (Å²) in [5.41, 5.74) is 10.8. The van der Waals surface area contributed by atoms with E-state index in [0.29, 0.717) is 6.42 Å². The molecule has 33 heavy (non-hydrogen) atoms. The molecule has 4 unspecified atom stereocenters. The summed E-state index contributed by atoms with van der Waals surface area (Å²) >= 11 is 4.02. The lowest BCUT2D eigenvalue weighted by Crippen LogP contribution is -2.57. The molecule has 0 aliphatic carbocycles. The molecule has 14 heteroatoms. The fourth-order valence-electron chi connectivity index (χ4n) is 2.71. The van der Waals surface area contributed by atoms with E-state index in [-0.39, 0.29) is 30.9 Å². The summed E-state index contributed by atoms with van der Waals surface area (Å²) in [4.78, 5) is 70.7. The minimum absolute atomic E-state index is 0.134. The number of thiol groups is 1. The molecular formula is C19H33N5O8S. The van der Waals surface area contributed by atoms with Gasteiger partial charge in [-0.3, -0.25) is 24.0 Å². The van der Waals surface area contributed by atoms with Crippen LogP contribution in [0, 0.1) is 5.92 Å². The molecule has 0 aliphatic rings. The van der Waals surface area contributed by atoms with Crippen molar-refractivity contribution in [1.82, 2.24) is 16.0 Å². The van der Waals surface area contributed by atoms with Gasteiger partial charge in [0.2, 0.25) is 23.6 Å². The highest BCUT2D eigenvalue weighted by Gasteiger charge is 2.30. The molecule has 13 nitrogen and oxygen atoms in total. The highest BCUT2D eigenvalue weighted by molar-refractivity contribution is 7.80. The summed E-state index contributed by atoms with van der Waals surface area (Å²) in [7, 11) is 0. The Hall–Kier alpha value is -2.87. The number of amides is 4. The number of carbonyl (C=O) groups excluding carboxylic acids is 4. The van der Waals surface area contributed by atoms with Crippen molar-refractivity contribution in [2.45, 2.75) is 70.1 Å². The van der Waals surface area contributed by atoms with Crippen LogP contribution in [0.15, 0.2) is 0 Å². The van der Waals surface area contributed by atoms with Crippen LogP contribution in [-0.2, 0) is 28.8 Å². The maximum absolute atomic E-state index is 12.6. The topological polar surface area (TPSA) is 231 Å². The standard InChI is InChI=1S/C19H33N5O8S/c1-9(2)7-10(20)16(28)24-13(8-33)18(30)22-11(4-6-15(26)27)17(29)23-12(19(31)32)3-5-14(21)25/h9-13,33H,3-8,20H2,1-2H3,(H2,21,25)(H,22,30)(H,23,29)(H,24,28)(H,26,27)(H,31,32). The molecule has 4 amide bonds. The first-order valence-corrected chi connectivity index (χ1v) is 10.9. The van der Waals surface area contributed by atoms with Gasteiger partial charge in [-0.25, -0.2) is 4.79 Å². The van der Waals surface area contributed by atoms with E-state index in [2.05, 4.69) is 28.6 Å². The summed E-state index contributed by atoms with van der Waals surface area (Å²) in [6.45, 7) is 3.74. The third kappa shape index (κ3) is 12.7. The van der Waals surface area contributed by atoms with Crippen LogP contribution in [0.3, 0.4) is 0 Å². The van der Waals surface area contributed by atoms with E-state index in [1.807, 2.05) is 13.8 Å². The molecule has 0 aromatic carbocycles. The van der Waals surface area contributed by atoms with Crippen molar-refractivity contribution in [3.05, 3.63) is 0 Å². The van der Waals surface area contributed by atoms with Crippen molar-refractivity contribution in [1.29, 1.82) is 0 Å². The molecule has 0 aromatic rings. The van der Waals surface area contributed by atoms with Gasteiger partial charge in [-0.05, 0) is 25.2 Å². The average Bonchev–Trinajstić information content (AvgIpc) is 2.70. The summed E-state index contributed by atoms with van der Waals surface area (Å²) in [6.07, 6.45) is -1.09. The minimum atomic E-state index is -1.48. The van der Waals surface area contributed by atoms with Crippen LogP contribution < -0.4 is 27.4 Å². The molecule has 0 aliphatic heterocycles. The van der Waals surface area contributed by atoms with Crippen molar-refractivity contribution in [3.8, 4) is 0 Å². The Morgan fingerprint density at radius 1 is 0.818 bits per heavy atom. The number of aliphatic carboxylic acids is 2. The number of rotatable bonds is 16. The molecular weight excluding hydrogens is 458 g/mol. The molecule has 9 N–H and O–H groups in total. The molecule has 0 heterocycles. The lowest BCUT2D eigenvalue weighted by Gasteiger charge is -2.24. The van der Waals surface area contributed by atoms with E-state index in [1.54, 1.807) is 0 Å². The van der Waals surface area contributed by atoms with Crippen LogP contribution in [0.1, 0.15) is 46.0 Å². The number of primary amides is 1. The van der Waals surface area contributed by atoms with Gasteiger partial charge in [0.15, 0.2) is 0 Å². The van der Waals surface area contributed by atoms with Gasteiger partial charge in [-0.15, -0.1) is 0 Å². The molecule has 0 bridgehead atoms. The van der Waals surface area contributed by atoms with Crippen LogP contribution >= 0.6 is 12.6 Å². The van der Waals surface area contributed by atoms with E-state index >= 15 is 0 Å². The fraction of sp³-hybridized carbons (Fsp3) is 0.684. The predicted molar refractivity (Wildman–Crippen MR) is 120 cm³/mol. The second-order valence-corrected chi connectivity index (χ2v) is 8.24. The summed E-state index contributed by atoms with van der Waals surface area (Å²) < 4.78 is 0. The Labute approximate surface area is 196 Å². The minimum Gasteiger partial charge on any atom is -0.481 e. The number of nitrogens with one attached hydrogen (secondary N) is 3. The molecule has 0 fully saturated rings. The maximum atomic E-state index is 12.6. The first-order chi connectivity index (χ1) is 15.3. The smallest absolute Gasteiger partial charge is 0.326 e. The Bertz CT molecular complexity index is 733. The van der Waals surface area contributed by atoms with Gasteiger partial charge >= 0.3 is 11.9 Å². The zero-order valence-corrected chi connectivity index (χ0v) is 19.5. The van der Waals surface area contributed by atoms with Gasteiger partial charge in [0.1, 0.15) is 18.1 Å². The second-order valence-electron chi connectivity index (χ2n) is 7.88. The largest absolute Gasteiger partial charge is 0.481 e. The van der Waals surface area contributed by atoms with E-state index in [4.69, 9.17) is 16.6 Å². The molecule has 0 aromatic heterocycles. The Balaban J connectivity index is 5.34. The van der Waals surface area contributed by atoms with Crippen molar-refractivity contribution < 1.29 is 39.0 Å². The highest BCUT2D eigenvalue weighted by Crippen LogP contribution is 2.05. The molecule has 0 radical (unpaired) electrons.